The first-order valence-corrected chi connectivity index (χ1v) is 5.14. The molecule has 3 nitrogen and oxygen atoms in total. The number of hydrogen-bond donors (Lipinski definition) is 2. The smallest absolute Gasteiger partial charge is 0.125 e. The minimum Gasteiger partial charge on any atom is -0.491 e. The Bertz CT molecular complexity index is 307. The molecule has 15 heavy (non-hydrogen) atoms. The minimum atomic E-state index is -0.903. The summed E-state index contributed by atoms with van der Waals surface area (Å²) in [5.74, 6) is 0.626. The lowest BCUT2D eigenvalue weighted by Crippen LogP contribution is -2.16. The quantitative estimate of drug-likeness (QED) is 0.797. The Morgan fingerprint density at radius 3 is 2.20 bits per heavy atom. The molecule has 1 aromatic rings. The number of hydrogen-bond acceptors (Lipinski definition) is 3. The Hall–Kier alpha value is -1.06. The normalized spacial score (nSPS) is 15.1. The van der Waals surface area contributed by atoms with E-state index in [0.717, 1.165) is 0 Å². The Morgan fingerprint density at radius 2 is 1.67 bits per heavy atom. The summed E-state index contributed by atoms with van der Waals surface area (Å²) >= 11 is 0. The van der Waals surface area contributed by atoms with Gasteiger partial charge >= 0.3 is 0 Å². The summed E-state index contributed by atoms with van der Waals surface area (Å²) in [5.41, 5.74) is 0.626. The highest BCUT2D eigenvalue weighted by Gasteiger charge is 2.18. The van der Waals surface area contributed by atoms with E-state index < -0.39 is 12.2 Å². The van der Waals surface area contributed by atoms with Crippen LogP contribution in [0.15, 0.2) is 24.3 Å². The molecule has 0 saturated carbocycles. The monoisotopic (exact) mass is 210 g/mol. The number of ether oxygens (including phenoxy) is 1. The SMILES string of the molecule is CC(C)Oc1ccccc1C(O)C(C)O. The van der Waals surface area contributed by atoms with Gasteiger partial charge in [-0.2, -0.15) is 0 Å². The molecule has 2 unspecified atom stereocenters. The maximum atomic E-state index is 9.76. The van der Waals surface area contributed by atoms with Crippen LogP contribution in [-0.4, -0.2) is 22.4 Å². The fourth-order valence-electron chi connectivity index (χ4n) is 1.35. The molecule has 1 rings (SSSR count). The molecular weight excluding hydrogens is 192 g/mol. The molecule has 0 bridgehead atoms. The van der Waals surface area contributed by atoms with Crippen LogP contribution in [0.4, 0.5) is 0 Å². The molecule has 0 amide bonds. The van der Waals surface area contributed by atoms with Gasteiger partial charge in [0.2, 0.25) is 0 Å². The molecule has 2 N–H and O–H groups in total. The van der Waals surface area contributed by atoms with E-state index in [9.17, 15) is 10.2 Å². The molecule has 0 saturated heterocycles. The first kappa shape index (κ1) is 12.0. The predicted octanol–water partition coefficient (Wildman–Crippen LogP) is 1.89. The van der Waals surface area contributed by atoms with Crippen molar-refractivity contribution in [3.63, 3.8) is 0 Å². The molecule has 1 aromatic carbocycles. The van der Waals surface area contributed by atoms with Crippen LogP contribution in [-0.2, 0) is 0 Å². The Morgan fingerprint density at radius 1 is 1.07 bits per heavy atom. The molecule has 3 heteroatoms. The second-order valence-electron chi connectivity index (χ2n) is 3.89. The summed E-state index contributed by atoms with van der Waals surface area (Å²) in [6, 6.07) is 7.21. The molecule has 0 aliphatic rings. The Labute approximate surface area is 90.3 Å². The fourth-order valence-corrected chi connectivity index (χ4v) is 1.35. The van der Waals surface area contributed by atoms with Crippen molar-refractivity contribution in [2.24, 2.45) is 0 Å². The summed E-state index contributed by atoms with van der Waals surface area (Å²) in [6.45, 7) is 5.40. The third-order valence-electron chi connectivity index (χ3n) is 2.06. The highest BCUT2D eigenvalue weighted by molar-refractivity contribution is 5.35. The van der Waals surface area contributed by atoms with Gasteiger partial charge in [0.05, 0.1) is 12.2 Å². The van der Waals surface area contributed by atoms with Crippen molar-refractivity contribution in [1.82, 2.24) is 0 Å². The van der Waals surface area contributed by atoms with Crippen molar-refractivity contribution in [3.05, 3.63) is 29.8 Å². The molecule has 0 radical (unpaired) electrons. The summed E-state index contributed by atoms with van der Waals surface area (Å²) in [4.78, 5) is 0. The van der Waals surface area contributed by atoms with Crippen LogP contribution in [0.3, 0.4) is 0 Å². The largest absolute Gasteiger partial charge is 0.491 e. The highest BCUT2D eigenvalue weighted by atomic mass is 16.5. The van der Waals surface area contributed by atoms with Crippen molar-refractivity contribution in [2.75, 3.05) is 0 Å². The summed E-state index contributed by atoms with van der Waals surface area (Å²) < 4.78 is 5.55. The lowest BCUT2D eigenvalue weighted by Gasteiger charge is -2.19. The standard InChI is InChI=1S/C12H18O3/c1-8(2)15-11-7-5-4-6-10(11)12(14)9(3)13/h4-9,12-14H,1-3H3. The van der Waals surface area contributed by atoms with Gasteiger partial charge in [-0.25, -0.2) is 0 Å². The topological polar surface area (TPSA) is 49.7 Å². The highest BCUT2D eigenvalue weighted by Crippen LogP contribution is 2.27. The minimum absolute atomic E-state index is 0.0485. The van der Waals surface area contributed by atoms with Crippen molar-refractivity contribution < 1.29 is 14.9 Å². The van der Waals surface area contributed by atoms with E-state index in [1.807, 2.05) is 26.0 Å². The number of para-hydroxylation sites is 1. The van der Waals surface area contributed by atoms with Gasteiger partial charge < -0.3 is 14.9 Å². The third kappa shape index (κ3) is 3.22. The molecule has 0 fully saturated rings. The van der Waals surface area contributed by atoms with Gasteiger partial charge in [-0.05, 0) is 26.8 Å². The number of benzene rings is 1. The van der Waals surface area contributed by atoms with Gasteiger partial charge in [0, 0.05) is 5.56 Å². The zero-order valence-electron chi connectivity index (χ0n) is 9.34. The second kappa shape index (κ2) is 5.14. The van der Waals surface area contributed by atoms with Gasteiger partial charge in [-0.3, -0.25) is 0 Å². The zero-order chi connectivity index (χ0) is 11.4. The number of rotatable bonds is 4. The van der Waals surface area contributed by atoms with Crippen LogP contribution in [0, 0.1) is 0 Å². The molecule has 0 aliphatic carbocycles. The summed E-state index contributed by atoms with van der Waals surface area (Å²) in [6.07, 6.45) is -1.66. The van der Waals surface area contributed by atoms with Crippen LogP contribution in [0.2, 0.25) is 0 Å². The van der Waals surface area contributed by atoms with Crippen LogP contribution in [0.5, 0.6) is 5.75 Å². The summed E-state index contributed by atoms with van der Waals surface area (Å²) in [7, 11) is 0. The van der Waals surface area contributed by atoms with Crippen LogP contribution >= 0.6 is 0 Å². The first-order valence-electron chi connectivity index (χ1n) is 5.14. The molecule has 0 spiro atoms. The lowest BCUT2D eigenvalue weighted by atomic mass is 10.0. The van der Waals surface area contributed by atoms with E-state index in [-0.39, 0.29) is 6.10 Å². The van der Waals surface area contributed by atoms with Gasteiger partial charge in [-0.15, -0.1) is 0 Å². The Balaban J connectivity index is 2.95. The fraction of sp³-hybridized carbons (Fsp3) is 0.500. The van der Waals surface area contributed by atoms with Crippen LogP contribution < -0.4 is 4.74 Å². The zero-order valence-corrected chi connectivity index (χ0v) is 9.34. The van der Waals surface area contributed by atoms with Crippen molar-refractivity contribution in [3.8, 4) is 5.75 Å². The maximum absolute atomic E-state index is 9.76. The second-order valence-corrected chi connectivity index (χ2v) is 3.89. The number of aliphatic hydroxyl groups excluding tert-OH is 2. The van der Waals surface area contributed by atoms with E-state index >= 15 is 0 Å². The van der Waals surface area contributed by atoms with E-state index in [0.29, 0.717) is 11.3 Å². The van der Waals surface area contributed by atoms with Crippen LogP contribution in [0.1, 0.15) is 32.4 Å². The van der Waals surface area contributed by atoms with Crippen molar-refractivity contribution >= 4 is 0 Å². The van der Waals surface area contributed by atoms with E-state index in [1.54, 1.807) is 19.1 Å². The average Bonchev–Trinajstić information content (AvgIpc) is 2.16. The van der Waals surface area contributed by atoms with Gasteiger partial charge in [0.15, 0.2) is 0 Å². The lowest BCUT2D eigenvalue weighted by molar-refractivity contribution is 0.0280. The van der Waals surface area contributed by atoms with E-state index in [4.69, 9.17) is 4.74 Å². The van der Waals surface area contributed by atoms with E-state index in [1.165, 1.54) is 0 Å². The third-order valence-corrected chi connectivity index (χ3v) is 2.06. The van der Waals surface area contributed by atoms with Crippen molar-refractivity contribution in [2.45, 2.75) is 39.1 Å². The number of aliphatic hydroxyl groups is 2. The van der Waals surface area contributed by atoms with Crippen LogP contribution in [0.25, 0.3) is 0 Å². The van der Waals surface area contributed by atoms with Gasteiger partial charge in [0.25, 0.3) is 0 Å². The van der Waals surface area contributed by atoms with Gasteiger partial charge in [0.1, 0.15) is 11.9 Å². The molecular formula is C12H18O3. The predicted molar refractivity (Wildman–Crippen MR) is 58.8 cm³/mol. The Kier molecular flexibility index (Phi) is 4.12. The van der Waals surface area contributed by atoms with Gasteiger partial charge in [-0.1, -0.05) is 18.2 Å². The molecule has 84 valence electrons. The molecule has 0 aromatic heterocycles. The first-order chi connectivity index (χ1) is 7.02. The van der Waals surface area contributed by atoms with Crippen molar-refractivity contribution in [1.29, 1.82) is 0 Å². The maximum Gasteiger partial charge on any atom is 0.125 e. The van der Waals surface area contributed by atoms with E-state index in [2.05, 4.69) is 0 Å². The summed E-state index contributed by atoms with van der Waals surface area (Å²) in [5, 5.41) is 19.1. The molecule has 0 aliphatic heterocycles. The molecule has 0 heterocycles. The molecule has 2 atom stereocenters. The average molecular weight is 210 g/mol.